The van der Waals surface area contributed by atoms with Crippen molar-refractivity contribution in [1.29, 1.82) is 0 Å². The maximum atomic E-state index is 5.99. The Labute approximate surface area is 108 Å². The Hall–Kier alpha value is -1.22. The fourth-order valence-corrected chi connectivity index (χ4v) is 3.17. The molecule has 1 unspecified atom stereocenters. The van der Waals surface area contributed by atoms with Gasteiger partial charge in [0.25, 0.3) is 0 Å². The second-order valence-corrected chi connectivity index (χ2v) is 5.64. The predicted octanol–water partition coefficient (Wildman–Crippen LogP) is 2.40. The van der Waals surface area contributed by atoms with E-state index in [1.54, 1.807) is 7.11 Å². The van der Waals surface area contributed by atoms with E-state index < -0.39 is 0 Å². The zero-order valence-corrected chi connectivity index (χ0v) is 11.2. The first-order valence-electron chi connectivity index (χ1n) is 6.76. The molecular weight excluding hydrogens is 226 g/mol. The number of benzene rings is 1. The van der Waals surface area contributed by atoms with Gasteiger partial charge in [-0.15, -0.1) is 0 Å². The monoisotopic (exact) mass is 247 g/mol. The summed E-state index contributed by atoms with van der Waals surface area (Å²) in [7, 11) is 1.71. The van der Waals surface area contributed by atoms with Crippen LogP contribution in [0.1, 0.15) is 37.3 Å². The molecule has 3 nitrogen and oxygen atoms in total. The van der Waals surface area contributed by atoms with Crippen molar-refractivity contribution in [3.63, 3.8) is 0 Å². The smallest absolute Gasteiger partial charge is 0.164 e. The lowest BCUT2D eigenvalue weighted by atomic mass is 9.64. The van der Waals surface area contributed by atoms with Crippen molar-refractivity contribution < 1.29 is 9.47 Å². The average Bonchev–Trinajstić information content (AvgIpc) is 2.67. The van der Waals surface area contributed by atoms with E-state index in [1.165, 1.54) is 30.4 Å². The van der Waals surface area contributed by atoms with Crippen molar-refractivity contribution in [2.45, 2.75) is 44.1 Å². The minimum atomic E-state index is 0.189. The maximum absolute atomic E-state index is 5.99. The summed E-state index contributed by atoms with van der Waals surface area (Å²) in [6, 6.07) is 4.41. The Morgan fingerprint density at radius 1 is 1.44 bits per heavy atom. The van der Waals surface area contributed by atoms with Gasteiger partial charge < -0.3 is 15.2 Å². The van der Waals surface area contributed by atoms with Crippen molar-refractivity contribution in [3.05, 3.63) is 23.3 Å². The van der Waals surface area contributed by atoms with E-state index in [-0.39, 0.29) is 11.5 Å². The fourth-order valence-electron chi connectivity index (χ4n) is 3.17. The molecule has 3 rings (SSSR count). The molecule has 2 N–H and O–H groups in total. The summed E-state index contributed by atoms with van der Waals surface area (Å²) >= 11 is 0. The zero-order chi connectivity index (χ0) is 12.8. The van der Waals surface area contributed by atoms with Crippen LogP contribution in [0.3, 0.4) is 0 Å². The van der Waals surface area contributed by atoms with Crippen LogP contribution in [-0.2, 0) is 11.8 Å². The molecule has 1 aromatic rings. The van der Waals surface area contributed by atoms with Gasteiger partial charge in [-0.25, -0.2) is 0 Å². The standard InChI is InChI=1S/C15H21NO2/c1-10-6-11-7-12(15(9-16)4-3-5-15)8-13(17-2)14(11)18-10/h7-8,10H,3-6,9,16H2,1-2H3. The molecule has 18 heavy (non-hydrogen) atoms. The van der Waals surface area contributed by atoms with Gasteiger partial charge in [0.05, 0.1) is 7.11 Å². The van der Waals surface area contributed by atoms with Gasteiger partial charge in [0.15, 0.2) is 11.5 Å². The van der Waals surface area contributed by atoms with Crippen LogP contribution in [0.2, 0.25) is 0 Å². The van der Waals surface area contributed by atoms with Gasteiger partial charge >= 0.3 is 0 Å². The van der Waals surface area contributed by atoms with Crippen LogP contribution in [0.25, 0.3) is 0 Å². The third-order valence-corrected chi connectivity index (χ3v) is 4.49. The van der Waals surface area contributed by atoms with Gasteiger partial charge in [-0.2, -0.15) is 0 Å². The molecule has 0 amide bonds. The molecule has 1 aliphatic carbocycles. The second-order valence-electron chi connectivity index (χ2n) is 5.64. The molecule has 2 aliphatic rings. The molecule has 0 aromatic heterocycles. The van der Waals surface area contributed by atoms with Crippen LogP contribution in [0, 0.1) is 0 Å². The summed E-state index contributed by atoms with van der Waals surface area (Å²) < 4.78 is 11.3. The van der Waals surface area contributed by atoms with Gasteiger partial charge in [0.2, 0.25) is 0 Å². The van der Waals surface area contributed by atoms with Gasteiger partial charge in [-0.05, 0) is 31.4 Å². The number of rotatable bonds is 3. The second kappa shape index (κ2) is 4.16. The summed E-state index contributed by atoms with van der Waals surface area (Å²) in [5.41, 5.74) is 8.79. The lowest BCUT2D eigenvalue weighted by molar-refractivity contribution is 0.241. The predicted molar refractivity (Wildman–Crippen MR) is 71.4 cm³/mol. The van der Waals surface area contributed by atoms with Crippen molar-refractivity contribution in [1.82, 2.24) is 0 Å². The Morgan fingerprint density at radius 3 is 2.78 bits per heavy atom. The average molecular weight is 247 g/mol. The number of fused-ring (bicyclic) bond motifs is 1. The van der Waals surface area contributed by atoms with Crippen molar-refractivity contribution in [2.24, 2.45) is 5.73 Å². The van der Waals surface area contributed by atoms with Crippen LogP contribution in [0.5, 0.6) is 11.5 Å². The summed E-state index contributed by atoms with van der Waals surface area (Å²) in [4.78, 5) is 0. The van der Waals surface area contributed by atoms with Gasteiger partial charge in [-0.3, -0.25) is 0 Å². The topological polar surface area (TPSA) is 44.5 Å². The maximum Gasteiger partial charge on any atom is 0.164 e. The minimum Gasteiger partial charge on any atom is -0.493 e. The van der Waals surface area contributed by atoms with Crippen molar-refractivity contribution >= 4 is 0 Å². The third-order valence-electron chi connectivity index (χ3n) is 4.49. The van der Waals surface area contributed by atoms with Crippen LogP contribution >= 0.6 is 0 Å². The highest BCUT2D eigenvalue weighted by Gasteiger charge is 2.39. The number of hydrogen-bond donors (Lipinski definition) is 1. The molecule has 1 saturated carbocycles. The number of nitrogens with two attached hydrogens (primary N) is 1. The summed E-state index contributed by atoms with van der Waals surface area (Å²) in [6.45, 7) is 2.83. The van der Waals surface area contributed by atoms with Crippen LogP contribution in [-0.4, -0.2) is 19.8 Å². The molecule has 98 valence electrons. The molecule has 0 radical (unpaired) electrons. The molecule has 3 heteroatoms. The first-order chi connectivity index (χ1) is 8.68. The summed E-state index contributed by atoms with van der Waals surface area (Å²) in [6.07, 6.45) is 4.90. The molecule has 1 aliphatic heterocycles. The normalized spacial score (nSPS) is 24.1. The van der Waals surface area contributed by atoms with E-state index in [0.717, 1.165) is 24.5 Å². The minimum absolute atomic E-state index is 0.189. The van der Waals surface area contributed by atoms with Crippen LogP contribution < -0.4 is 15.2 Å². The largest absolute Gasteiger partial charge is 0.493 e. The van der Waals surface area contributed by atoms with Gasteiger partial charge in [0, 0.05) is 23.9 Å². The van der Waals surface area contributed by atoms with Gasteiger partial charge in [0.1, 0.15) is 6.10 Å². The molecule has 1 fully saturated rings. The molecule has 0 spiro atoms. The van der Waals surface area contributed by atoms with Crippen LogP contribution in [0.4, 0.5) is 0 Å². The van der Waals surface area contributed by atoms with Crippen LogP contribution in [0.15, 0.2) is 12.1 Å². The Bertz CT molecular complexity index is 460. The summed E-state index contributed by atoms with van der Waals surface area (Å²) in [5, 5.41) is 0. The first kappa shape index (κ1) is 11.8. The highest BCUT2D eigenvalue weighted by atomic mass is 16.5. The molecule has 0 saturated heterocycles. The van der Waals surface area contributed by atoms with E-state index >= 15 is 0 Å². The Kier molecular flexibility index (Phi) is 2.74. The van der Waals surface area contributed by atoms with Gasteiger partial charge in [-0.1, -0.05) is 12.5 Å². The van der Waals surface area contributed by atoms with E-state index in [2.05, 4.69) is 19.1 Å². The number of methoxy groups -OCH3 is 1. The molecule has 1 heterocycles. The molecule has 0 bridgehead atoms. The summed E-state index contributed by atoms with van der Waals surface area (Å²) in [5.74, 6) is 1.80. The Morgan fingerprint density at radius 2 is 2.22 bits per heavy atom. The van der Waals surface area contributed by atoms with E-state index in [0.29, 0.717) is 0 Å². The van der Waals surface area contributed by atoms with E-state index in [4.69, 9.17) is 15.2 Å². The highest BCUT2D eigenvalue weighted by Crippen LogP contribution is 2.47. The number of ether oxygens (including phenoxy) is 2. The molecule has 1 atom stereocenters. The van der Waals surface area contributed by atoms with E-state index in [9.17, 15) is 0 Å². The highest BCUT2D eigenvalue weighted by molar-refractivity contribution is 5.54. The fraction of sp³-hybridized carbons (Fsp3) is 0.600. The Balaban J connectivity index is 2.05. The molecular formula is C15H21NO2. The van der Waals surface area contributed by atoms with E-state index in [1.807, 2.05) is 0 Å². The lowest BCUT2D eigenvalue weighted by Crippen LogP contribution is -2.41. The SMILES string of the molecule is COc1cc(C2(CN)CCC2)cc2c1OC(C)C2. The van der Waals surface area contributed by atoms with Crippen molar-refractivity contribution in [3.8, 4) is 11.5 Å². The van der Waals surface area contributed by atoms with Crippen molar-refractivity contribution in [2.75, 3.05) is 13.7 Å². The quantitative estimate of drug-likeness (QED) is 0.892. The number of hydrogen-bond acceptors (Lipinski definition) is 3. The lowest BCUT2D eigenvalue weighted by Gasteiger charge is -2.41. The zero-order valence-electron chi connectivity index (χ0n) is 11.2. The first-order valence-corrected chi connectivity index (χ1v) is 6.76. The third kappa shape index (κ3) is 1.61. The molecule has 1 aromatic carbocycles.